The van der Waals surface area contributed by atoms with Crippen molar-refractivity contribution in [3.05, 3.63) is 83.7 Å². The molecule has 4 atom stereocenters. The van der Waals surface area contributed by atoms with Gasteiger partial charge < -0.3 is 49.5 Å². The Morgan fingerprint density at radius 1 is 0.623 bits per heavy atom. The molecule has 0 unspecified atom stereocenters. The summed E-state index contributed by atoms with van der Waals surface area (Å²) in [6.45, 7) is -0.254. The number of nitrogens with two attached hydrogens (primary N) is 4. The van der Waals surface area contributed by atoms with Gasteiger partial charge in [-0.25, -0.2) is 4.39 Å². The van der Waals surface area contributed by atoms with E-state index in [2.05, 4.69) is 36.6 Å². The fourth-order valence-corrected chi connectivity index (χ4v) is 5.80. The van der Waals surface area contributed by atoms with Crippen LogP contribution in [-0.4, -0.2) is 85.3 Å². The van der Waals surface area contributed by atoms with Crippen LogP contribution >= 0.6 is 0 Å². The number of carbonyl (C=O) groups is 5. The van der Waals surface area contributed by atoms with E-state index in [9.17, 15) is 28.4 Å². The van der Waals surface area contributed by atoms with E-state index in [-0.39, 0.29) is 69.1 Å². The van der Waals surface area contributed by atoms with Crippen molar-refractivity contribution in [2.45, 2.75) is 62.7 Å². The van der Waals surface area contributed by atoms with Gasteiger partial charge in [0.25, 0.3) is 0 Å². The number of fused-ring (bicyclic) bond motifs is 1. The first kappa shape index (κ1) is 39.5. The molecule has 0 spiro atoms. The normalized spacial score (nSPS) is 20.1. The van der Waals surface area contributed by atoms with Crippen LogP contribution in [0, 0.1) is 5.82 Å². The van der Waals surface area contributed by atoms with Crippen LogP contribution in [-0.2, 0) is 36.8 Å². The van der Waals surface area contributed by atoms with Crippen molar-refractivity contribution in [1.82, 2.24) is 26.6 Å². The van der Waals surface area contributed by atoms with E-state index in [1.807, 2.05) is 42.5 Å². The molecule has 0 radical (unpaired) electrons. The minimum atomic E-state index is -1.39. The number of amides is 5. The minimum Gasteiger partial charge on any atom is -0.370 e. The van der Waals surface area contributed by atoms with Crippen LogP contribution in [0.1, 0.15) is 36.8 Å². The van der Waals surface area contributed by atoms with E-state index in [4.69, 9.17) is 22.9 Å². The zero-order valence-electron chi connectivity index (χ0n) is 29.1. The van der Waals surface area contributed by atoms with E-state index in [1.54, 1.807) is 6.07 Å². The Balaban J connectivity index is 1.69. The zero-order valence-corrected chi connectivity index (χ0v) is 29.1. The summed E-state index contributed by atoms with van der Waals surface area (Å²) in [4.78, 5) is 76.2. The van der Waals surface area contributed by atoms with Crippen LogP contribution in [0.3, 0.4) is 0 Å². The molecule has 1 saturated heterocycles. The Morgan fingerprint density at radius 2 is 1.15 bits per heavy atom. The van der Waals surface area contributed by atoms with Crippen LogP contribution in [0.2, 0.25) is 0 Å². The van der Waals surface area contributed by atoms with Crippen molar-refractivity contribution >= 4 is 52.2 Å². The van der Waals surface area contributed by atoms with E-state index in [0.29, 0.717) is 0 Å². The number of carbonyl (C=O) groups excluding carboxylic acids is 5. The molecule has 3 aromatic carbocycles. The van der Waals surface area contributed by atoms with E-state index < -0.39 is 66.1 Å². The molecular formula is C36H46FN11O5. The number of guanidine groups is 2. The van der Waals surface area contributed by atoms with Crippen molar-refractivity contribution in [3.63, 3.8) is 0 Å². The lowest BCUT2D eigenvalue weighted by Crippen LogP contribution is -2.58. The van der Waals surface area contributed by atoms with Gasteiger partial charge in [-0.2, -0.15) is 0 Å². The topological polar surface area (TPSA) is 274 Å². The van der Waals surface area contributed by atoms with Gasteiger partial charge in [-0.1, -0.05) is 60.7 Å². The van der Waals surface area contributed by atoms with Gasteiger partial charge in [-0.15, -0.1) is 0 Å². The SMILES string of the molecule is NC(N)=NCCC[C@@H]1NC(=O)CNC(=O)[C@H](Cc2ccc3ccccc3c2)NC(=O)[C@H](CCCN=C(N)N)NC(=O)[C@@H](Cc2ccccc2F)NC1=O. The van der Waals surface area contributed by atoms with Crippen molar-refractivity contribution in [3.8, 4) is 0 Å². The molecule has 1 aliphatic rings. The monoisotopic (exact) mass is 731 g/mol. The van der Waals surface area contributed by atoms with Gasteiger partial charge in [0.2, 0.25) is 29.5 Å². The lowest BCUT2D eigenvalue weighted by molar-refractivity contribution is -0.134. The van der Waals surface area contributed by atoms with E-state index >= 15 is 0 Å². The third-order valence-electron chi connectivity index (χ3n) is 8.50. The van der Waals surface area contributed by atoms with Crippen LogP contribution in [0.25, 0.3) is 10.8 Å². The number of nitrogens with one attached hydrogen (secondary N) is 5. The molecule has 13 N–H and O–H groups in total. The summed E-state index contributed by atoms with van der Waals surface area (Å²) in [5.74, 6) is -4.58. The van der Waals surface area contributed by atoms with Crippen LogP contribution < -0.4 is 49.5 Å². The molecule has 17 heteroatoms. The molecule has 1 aliphatic heterocycles. The molecular weight excluding hydrogens is 685 g/mol. The Morgan fingerprint density at radius 3 is 1.77 bits per heavy atom. The Hall–Kier alpha value is -6.26. The predicted octanol–water partition coefficient (Wildman–Crippen LogP) is -1.06. The van der Waals surface area contributed by atoms with Gasteiger partial charge in [0.05, 0.1) is 6.54 Å². The average molecular weight is 732 g/mol. The second kappa shape index (κ2) is 19.4. The molecule has 3 aromatic rings. The average Bonchev–Trinajstić information content (AvgIpc) is 3.12. The number of benzene rings is 3. The standard InChI is InChI=1S/C36H46FN11O5/c37-25-10-4-3-9-24(25)19-29-34(53)46-27(12-6-16-43-36(40)41)33(52)47-28(18-21-13-14-22-7-1-2-8-23(22)17-21)31(50)44-20-30(49)45-26(32(51)48-29)11-5-15-42-35(38)39/h1-4,7-10,13-14,17,26-29H,5-6,11-12,15-16,18-20H2,(H,44,50)(H,45,49)(H,46,53)(H,47,52)(H,48,51)(H4,38,39,42)(H4,40,41,43)/t26-,27-,28-,29+/m0/s1. The van der Waals surface area contributed by atoms with Gasteiger partial charge in [0.1, 0.15) is 30.0 Å². The van der Waals surface area contributed by atoms with Gasteiger partial charge in [0.15, 0.2) is 11.9 Å². The highest BCUT2D eigenvalue weighted by Crippen LogP contribution is 2.17. The number of nitrogens with zero attached hydrogens (tertiary/aromatic N) is 2. The summed E-state index contributed by atoms with van der Waals surface area (Å²) in [6, 6.07) is 14.0. The number of rotatable bonds is 12. The third kappa shape index (κ3) is 12.5. The van der Waals surface area contributed by atoms with E-state index in [0.717, 1.165) is 16.3 Å². The molecule has 282 valence electrons. The minimum absolute atomic E-state index is 0.0342. The first-order valence-corrected chi connectivity index (χ1v) is 17.2. The summed E-state index contributed by atoms with van der Waals surface area (Å²) in [5, 5.41) is 15.1. The molecule has 4 rings (SSSR count). The Bertz CT molecular complexity index is 1840. The molecule has 0 aromatic heterocycles. The second-order valence-corrected chi connectivity index (χ2v) is 12.6. The van der Waals surface area contributed by atoms with Crippen molar-refractivity contribution in [2.24, 2.45) is 32.9 Å². The molecule has 1 fully saturated rings. The molecule has 0 aliphatic carbocycles. The molecule has 0 saturated carbocycles. The maximum atomic E-state index is 14.8. The van der Waals surface area contributed by atoms with Gasteiger partial charge in [0, 0.05) is 25.9 Å². The fourth-order valence-electron chi connectivity index (χ4n) is 5.80. The number of halogens is 1. The smallest absolute Gasteiger partial charge is 0.243 e. The van der Waals surface area contributed by atoms with Gasteiger partial charge >= 0.3 is 0 Å². The van der Waals surface area contributed by atoms with Crippen molar-refractivity contribution in [2.75, 3.05) is 19.6 Å². The highest BCUT2D eigenvalue weighted by molar-refractivity contribution is 5.97. The lowest BCUT2D eigenvalue weighted by atomic mass is 10.00. The van der Waals surface area contributed by atoms with Crippen LogP contribution in [0.5, 0.6) is 0 Å². The van der Waals surface area contributed by atoms with Crippen molar-refractivity contribution in [1.29, 1.82) is 0 Å². The first-order valence-electron chi connectivity index (χ1n) is 17.2. The summed E-state index contributed by atoms with van der Waals surface area (Å²) in [7, 11) is 0. The number of aliphatic imine (C=N–C) groups is 2. The highest BCUT2D eigenvalue weighted by atomic mass is 19.1. The van der Waals surface area contributed by atoms with Crippen molar-refractivity contribution < 1.29 is 28.4 Å². The number of hydrogen-bond acceptors (Lipinski definition) is 7. The summed E-state index contributed by atoms with van der Waals surface area (Å²) >= 11 is 0. The molecule has 0 bridgehead atoms. The fraction of sp³-hybridized carbons (Fsp3) is 0.361. The summed E-state index contributed by atoms with van der Waals surface area (Å²) < 4.78 is 14.8. The predicted molar refractivity (Wildman–Crippen MR) is 198 cm³/mol. The van der Waals surface area contributed by atoms with Gasteiger partial charge in [-0.05, 0) is 53.6 Å². The quantitative estimate of drug-likeness (QED) is 0.0623. The summed E-state index contributed by atoms with van der Waals surface area (Å²) in [6.07, 6.45) is 0.351. The van der Waals surface area contributed by atoms with E-state index in [1.165, 1.54) is 18.2 Å². The Labute approximate surface area is 305 Å². The van der Waals surface area contributed by atoms with Crippen LogP contribution in [0.15, 0.2) is 76.7 Å². The molecule has 53 heavy (non-hydrogen) atoms. The largest absolute Gasteiger partial charge is 0.370 e. The van der Waals surface area contributed by atoms with Gasteiger partial charge in [-0.3, -0.25) is 34.0 Å². The second-order valence-electron chi connectivity index (χ2n) is 12.6. The maximum Gasteiger partial charge on any atom is 0.243 e. The molecule has 16 nitrogen and oxygen atoms in total. The zero-order chi connectivity index (χ0) is 38.3. The third-order valence-corrected chi connectivity index (χ3v) is 8.50. The first-order chi connectivity index (χ1) is 25.4. The maximum absolute atomic E-state index is 14.8. The molecule has 1 heterocycles. The number of hydrogen-bond donors (Lipinski definition) is 9. The highest BCUT2D eigenvalue weighted by Gasteiger charge is 2.33. The molecule has 5 amide bonds. The Kier molecular flexibility index (Phi) is 14.4. The lowest BCUT2D eigenvalue weighted by Gasteiger charge is -2.26. The summed E-state index contributed by atoms with van der Waals surface area (Å²) in [5.41, 5.74) is 22.6. The van der Waals surface area contributed by atoms with Crippen LogP contribution in [0.4, 0.5) is 4.39 Å².